The van der Waals surface area contributed by atoms with Crippen LogP contribution < -0.4 is 0 Å². The van der Waals surface area contributed by atoms with Gasteiger partial charge >= 0.3 is 0 Å². The standard InChI is InChI=1S/C16H26N4O4S/c1-2-3-11-25(22,23)19-5-4-6-20-14(13-19)12-15(17-20)16(21)18-7-9-24-10-8-18/h12H,2-11,13H2,1H3. The summed E-state index contributed by atoms with van der Waals surface area (Å²) in [6.07, 6.45) is 2.22. The van der Waals surface area contributed by atoms with Gasteiger partial charge in [0.05, 0.1) is 31.2 Å². The van der Waals surface area contributed by atoms with Crippen molar-refractivity contribution in [3.63, 3.8) is 0 Å². The van der Waals surface area contributed by atoms with Crippen LogP contribution in [-0.2, 0) is 27.8 Å². The minimum absolute atomic E-state index is 0.107. The Kier molecular flexibility index (Phi) is 5.75. The molecule has 140 valence electrons. The minimum atomic E-state index is -3.26. The van der Waals surface area contributed by atoms with Crippen molar-refractivity contribution in [2.24, 2.45) is 0 Å². The number of ether oxygens (including phenoxy) is 1. The molecule has 1 amide bonds. The zero-order valence-corrected chi connectivity index (χ0v) is 15.5. The second-order valence-electron chi connectivity index (χ2n) is 6.51. The van der Waals surface area contributed by atoms with E-state index in [0.717, 1.165) is 12.1 Å². The normalized spacial score (nSPS) is 19.5. The van der Waals surface area contributed by atoms with Gasteiger partial charge in [-0.25, -0.2) is 8.42 Å². The molecular formula is C16H26N4O4S. The summed E-state index contributed by atoms with van der Waals surface area (Å²) in [4.78, 5) is 14.3. The predicted molar refractivity (Wildman–Crippen MR) is 92.7 cm³/mol. The van der Waals surface area contributed by atoms with Crippen LogP contribution in [0.3, 0.4) is 0 Å². The van der Waals surface area contributed by atoms with Crippen LogP contribution in [0.4, 0.5) is 0 Å². The van der Waals surface area contributed by atoms with Crippen molar-refractivity contribution in [2.45, 2.75) is 39.3 Å². The van der Waals surface area contributed by atoms with Gasteiger partial charge in [-0.05, 0) is 18.9 Å². The van der Waals surface area contributed by atoms with Gasteiger partial charge in [-0.15, -0.1) is 0 Å². The Labute approximate surface area is 148 Å². The number of nitrogens with zero attached hydrogens (tertiary/aromatic N) is 4. The summed E-state index contributed by atoms with van der Waals surface area (Å²) in [5.41, 5.74) is 1.18. The van der Waals surface area contributed by atoms with E-state index in [0.29, 0.717) is 57.9 Å². The number of amides is 1. The average Bonchev–Trinajstić information content (AvgIpc) is 2.91. The van der Waals surface area contributed by atoms with E-state index in [9.17, 15) is 13.2 Å². The smallest absolute Gasteiger partial charge is 0.274 e. The van der Waals surface area contributed by atoms with Crippen LogP contribution in [0.2, 0.25) is 0 Å². The highest BCUT2D eigenvalue weighted by Crippen LogP contribution is 2.19. The van der Waals surface area contributed by atoms with E-state index in [1.54, 1.807) is 15.6 Å². The van der Waals surface area contributed by atoms with E-state index in [1.165, 1.54) is 4.31 Å². The van der Waals surface area contributed by atoms with Crippen molar-refractivity contribution >= 4 is 15.9 Å². The molecule has 9 heteroatoms. The van der Waals surface area contributed by atoms with E-state index in [4.69, 9.17) is 4.74 Å². The Morgan fingerprint density at radius 3 is 2.72 bits per heavy atom. The molecule has 1 fully saturated rings. The van der Waals surface area contributed by atoms with Crippen molar-refractivity contribution in [1.82, 2.24) is 19.0 Å². The number of hydrogen-bond acceptors (Lipinski definition) is 5. The Morgan fingerprint density at radius 2 is 2.00 bits per heavy atom. The molecule has 0 aliphatic carbocycles. The summed E-state index contributed by atoms with van der Waals surface area (Å²) < 4.78 is 33.6. The zero-order valence-electron chi connectivity index (χ0n) is 14.7. The fraction of sp³-hybridized carbons (Fsp3) is 0.750. The van der Waals surface area contributed by atoms with Gasteiger partial charge in [0.25, 0.3) is 5.91 Å². The summed E-state index contributed by atoms with van der Waals surface area (Å²) in [5, 5.41) is 4.43. The summed E-state index contributed by atoms with van der Waals surface area (Å²) in [6, 6.07) is 1.74. The van der Waals surface area contributed by atoms with Gasteiger partial charge in [-0.1, -0.05) is 13.3 Å². The molecule has 1 aromatic heterocycles. The molecule has 2 aliphatic rings. The van der Waals surface area contributed by atoms with Crippen LogP contribution in [0.1, 0.15) is 42.4 Å². The summed E-state index contributed by atoms with van der Waals surface area (Å²) in [5.74, 6) is 0.0706. The number of rotatable bonds is 5. The van der Waals surface area contributed by atoms with Gasteiger partial charge in [-0.2, -0.15) is 9.40 Å². The van der Waals surface area contributed by atoms with E-state index in [2.05, 4.69) is 5.10 Å². The maximum absolute atomic E-state index is 12.6. The van der Waals surface area contributed by atoms with Gasteiger partial charge in [0.2, 0.25) is 10.0 Å². The Balaban J connectivity index is 1.75. The molecule has 3 heterocycles. The third-order valence-corrected chi connectivity index (χ3v) is 6.55. The van der Waals surface area contributed by atoms with Crippen molar-refractivity contribution in [1.29, 1.82) is 0 Å². The van der Waals surface area contributed by atoms with E-state index < -0.39 is 10.0 Å². The number of morpholine rings is 1. The first-order valence-electron chi connectivity index (χ1n) is 8.93. The van der Waals surface area contributed by atoms with Gasteiger partial charge in [0, 0.05) is 26.2 Å². The Hall–Kier alpha value is -1.45. The maximum Gasteiger partial charge on any atom is 0.274 e. The third-order valence-electron chi connectivity index (χ3n) is 4.65. The lowest BCUT2D eigenvalue weighted by Gasteiger charge is -2.26. The van der Waals surface area contributed by atoms with Crippen molar-refractivity contribution < 1.29 is 17.9 Å². The molecule has 2 aliphatic heterocycles. The highest BCUT2D eigenvalue weighted by Gasteiger charge is 2.28. The molecule has 0 N–H and O–H groups in total. The molecule has 0 aromatic carbocycles. The number of aromatic nitrogens is 2. The molecule has 0 spiro atoms. The topological polar surface area (TPSA) is 84.7 Å². The van der Waals surface area contributed by atoms with Crippen LogP contribution in [0.25, 0.3) is 0 Å². The zero-order chi connectivity index (χ0) is 17.9. The fourth-order valence-electron chi connectivity index (χ4n) is 3.16. The first-order chi connectivity index (χ1) is 12.0. The van der Waals surface area contributed by atoms with E-state index >= 15 is 0 Å². The van der Waals surface area contributed by atoms with Crippen LogP contribution in [0.5, 0.6) is 0 Å². The number of hydrogen-bond donors (Lipinski definition) is 0. The lowest BCUT2D eigenvalue weighted by atomic mass is 10.3. The van der Waals surface area contributed by atoms with Crippen molar-refractivity contribution in [2.75, 3.05) is 38.6 Å². The molecule has 0 saturated carbocycles. The van der Waals surface area contributed by atoms with Gasteiger partial charge in [0.15, 0.2) is 5.69 Å². The molecule has 0 bridgehead atoms. The summed E-state index contributed by atoms with van der Waals surface area (Å²) in [7, 11) is -3.26. The molecule has 8 nitrogen and oxygen atoms in total. The number of carbonyl (C=O) groups is 1. The maximum atomic E-state index is 12.6. The molecule has 0 radical (unpaired) electrons. The molecule has 0 unspecified atom stereocenters. The number of carbonyl (C=O) groups excluding carboxylic acids is 1. The van der Waals surface area contributed by atoms with Gasteiger partial charge < -0.3 is 9.64 Å². The number of fused-ring (bicyclic) bond motifs is 1. The van der Waals surface area contributed by atoms with Gasteiger partial charge in [-0.3, -0.25) is 9.48 Å². The highest BCUT2D eigenvalue weighted by molar-refractivity contribution is 7.89. The summed E-state index contributed by atoms with van der Waals surface area (Å²) >= 11 is 0. The summed E-state index contributed by atoms with van der Waals surface area (Å²) in [6.45, 7) is 5.63. The second-order valence-corrected chi connectivity index (χ2v) is 8.59. The molecule has 0 atom stereocenters. The predicted octanol–water partition coefficient (Wildman–Crippen LogP) is 0.691. The molecule has 1 saturated heterocycles. The number of unbranched alkanes of at least 4 members (excludes halogenated alkanes) is 1. The van der Waals surface area contributed by atoms with Crippen LogP contribution >= 0.6 is 0 Å². The molecule has 1 aromatic rings. The number of sulfonamides is 1. The van der Waals surface area contributed by atoms with E-state index in [-0.39, 0.29) is 18.2 Å². The SMILES string of the molecule is CCCCS(=O)(=O)N1CCCn2nc(C(=O)N3CCOCC3)cc2C1. The Morgan fingerprint density at radius 1 is 1.24 bits per heavy atom. The molecule has 25 heavy (non-hydrogen) atoms. The average molecular weight is 370 g/mol. The van der Waals surface area contributed by atoms with Crippen LogP contribution in [0, 0.1) is 0 Å². The first-order valence-corrected chi connectivity index (χ1v) is 10.5. The van der Waals surface area contributed by atoms with Crippen molar-refractivity contribution in [3.8, 4) is 0 Å². The van der Waals surface area contributed by atoms with Crippen LogP contribution in [-0.4, -0.2) is 71.9 Å². The lowest BCUT2D eigenvalue weighted by molar-refractivity contribution is 0.0298. The minimum Gasteiger partial charge on any atom is -0.378 e. The lowest BCUT2D eigenvalue weighted by Crippen LogP contribution is -2.40. The fourth-order valence-corrected chi connectivity index (χ4v) is 4.81. The quantitative estimate of drug-likeness (QED) is 0.761. The third kappa shape index (κ3) is 4.21. The largest absolute Gasteiger partial charge is 0.378 e. The highest BCUT2D eigenvalue weighted by atomic mass is 32.2. The van der Waals surface area contributed by atoms with Crippen LogP contribution in [0.15, 0.2) is 6.07 Å². The molecule has 3 rings (SSSR count). The number of aryl methyl sites for hydroxylation is 1. The Bertz CT molecular complexity index is 710. The van der Waals surface area contributed by atoms with Crippen molar-refractivity contribution in [3.05, 3.63) is 17.5 Å². The monoisotopic (exact) mass is 370 g/mol. The van der Waals surface area contributed by atoms with Gasteiger partial charge in [0.1, 0.15) is 0 Å². The first kappa shape index (κ1) is 18.3. The van der Waals surface area contributed by atoms with E-state index in [1.807, 2.05) is 6.92 Å². The second kappa shape index (κ2) is 7.84. The molecular weight excluding hydrogens is 344 g/mol.